The van der Waals surface area contributed by atoms with Crippen LogP contribution in [0.4, 0.5) is 0 Å². The van der Waals surface area contributed by atoms with E-state index in [1.807, 2.05) is 0 Å². The van der Waals surface area contributed by atoms with E-state index in [9.17, 15) is 13.0 Å². The maximum absolute atomic E-state index is 10.6. The molecule has 0 saturated heterocycles. The molecule has 0 spiro atoms. The van der Waals surface area contributed by atoms with Crippen LogP contribution in [0.25, 0.3) is 6.08 Å². The van der Waals surface area contributed by atoms with Gasteiger partial charge in [0.05, 0.1) is 32.6 Å². The lowest BCUT2D eigenvalue weighted by atomic mass is 10.1. The predicted molar refractivity (Wildman–Crippen MR) is 110 cm³/mol. The highest BCUT2D eigenvalue weighted by Crippen LogP contribution is 2.15. The highest BCUT2D eigenvalue weighted by molar-refractivity contribution is 7.85. The third-order valence-corrected chi connectivity index (χ3v) is 5.00. The second kappa shape index (κ2) is 13.1. The second-order valence-electron chi connectivity index (χ2n) is 7.68. The molecular formula is C21H37NO3S. The molecule has 4 nitrogen and oxygen atoms in total. The molecule has 0 amide bonds. The van der Waals surface area contributed by atoms with E-state index in [2.05, 4.69) is 34.6 Å². The van der Waals surface area contributed by atoms with Crippen LogP contribution in [0.5, 0.6) is 0 Å². The Labute approximate surface area is 161 Å². The molecule has 0 bridgehead atoms. The van der Waals surface area contributed by atoms with Crippen LogP contribution in [-0.2, 0) is 10.1 Å². The average molecular weight is 384 g/mol. The minimum Gasteiger partial charge on any atom is -0.744 e. The molecule has 1 rings (SSSR count). The van der Waals surface area contributed by atoms with Gasteiger partial charge in [-0.05, 0) is 24.5 Å². The third kappa shape index (κ3) is 13.1. The Morgan fingerprint density at radius 1 is 0.962 bits per heavy atom. The number of nitrogens with zero attached hydrogens (tertiary/aromatic N) is 1. The predicted octanol–water partition coefficient (Wildman–Crippen LogP) is 5.07. The zero-order valence-corrected chi connectivity index (χ0v) is 17.9. The zero-order chi connectivity index (χ0) is 20.1. The quantitative estimate of drug-likeness (QED) is 0.305. The van der Waals surface area contributed by atoms with Crippen LogP contribution in [0, 0.1) is 0 Å². The first-order valence-electron chi connectivity index (χ1n) is 9.59. The van der Waals surface area contributed by atoms with Crippen molar-refractivity contribution in [3.8, 4) is 0 Å². The summed E-state index contributed by atoms with van der Waals surface area (Å²) >= 11 is 0. The van der Waals surface area contributed by atoms with Gasteiger partial charge in [0.1, 0.15) is 10.1 Å². The van der Waals surface area contributed by atoms with Crippen molar-refractivity contribution in [2.24, 2.45) is 0 Å². The van der Waals surface area contributed by atoms with Crippen molar-refractivity contribution >= 4 is 16.2 Å². The molecule has 26 heavy (non-hydrogen) atoms. The number of hydrogen-bond donors (Lipinski definition) is 0. The van der Waals surface area contributed by atoms with Crippen LogP contribution in [-0.4, -0.2) is 45.1 Å². The van der Waals surface area contributed by atoms with Crippen LogP contribution >= 0.6 is 0 Å². The molecule has 0 aromatic heterocycles. The number of rotatable bonds is 11. The van der Waals surface area contributed by atoms with Crippen molar-refractivity contribution in [3.05, 3.63) is 36.4 Å². The SMILES string of the molecule is C=Cc1ccccc1S(=O)(=O)[O-].CCCCCCCCCC[N+](C)(C)C. The number of hydrogen-bond acceptors (Lipinski definition) is 3. The van der Waals surface area contributed by atoms with E-state index in [1.54, 1.807) is 6.07 Å². The maximum Gasteiger partial charge on any atom is 0.125 e. The van der Waals surface area contributed by atoms with E-state index in [4.69, 9.17) is 0 Å². The molecule has 1 aromatic carbocycles. The molecule has 1 aromatic rings. The fraction of sp³-hybridized carbons (Fsp3) is 0.619. The molecule has 0 heterocycles. The number of quaternary nitrogens is 1. The molecule has 0 aliphatic carbocycles. The Kier molecular flexibility index (Phi) is 12.5. The summed E-state index contributed by atoms with van der Waals surface area (Å²) in [6.45, 7) is 7.01. The zero-order valence-electron chi connectivity index (χ0n) is 17.0. The van der Waals surface area contributed by atoms with Crippen molar-refractivity contribution < 1.29 is 17.5 Å². The largest absolute Gasteiger partial charge is 0.744 e. The highest BCUT2D eigenvalue weighted by Gasteiger charge is 2.05. The van der Waals surface area contributed by atoms with Crippen molar-refractivity contribution in [3.63, 3.8) is 0 Å². The Morgan fingerprint density at radius 2 is 1.46 bits per heavy atom. The van der Waals surface area contributed by atoms with Crippen molar-refractivity contribution in [2.75, 3.05) is 27.7 Å². The maximum atomic E-state index is 10.6. The minimum absolute atomic E-state index is 0.222. The first-order chi connectivity index (χ1) is 12.1. The molecule has 0 unspecified atom stereocenters. The van der Waals surface area contributed by atoms with Gasteiger partial charge in [0.15, 0.2) is 0 Å². The molecule has 0 radical (unpaired) electrons. The first kappa shape index (κ1) is 24.8. The first-order valence-corrected chi connectivity index (χ1v) is 11.0. The molecular weight excluding hydrogens is 346 g/mol. The average Bonchev–Trinajstić information content (AvgIpc) is 2.56. The number of unbranched alkanes of at least 4 members (excludes halogenated alkanes) is 7. The second-order valence-corrected chi connectivity index (χ2v) is 9.03. The van der Waals surface area contributed by atoms with Gasteiger partial charge < -0.3 is 9.04 Å². The normalized spacial score (nSPS) is 11.6. The van der Waals surface area contributed by atoms with E-state index < -0.39 is 10.1 Å². The molecule has 0 aliphatic rings. The Morgan fingerprint density at radius 3 is 1.88 bits per heavy atom. The molecule has 5 heteroatoms. The fourth-order valence-electron chi connectivity index (χ4n) is 2.60. The lowest BCUT2D eigenvalue weighted by Crippen LogP contribution is -2.35. The highest BCUT2D eigenvalue weighted by atomic mass is 32.2. The summed E-state index contributed by atoms with van der Waals surface area (Å²) in [6, 6.07) is 5.93. The van der Waals surface area contributed by atoms with Crippen molar-refractivity contribution in [2.45, 2.75) is 63.2 Å². The summed E-state index contributed by atoms with van der Waals surface area (Å²) in [4.78, 5) is -0.222. The Balaban J connectivity index is 0.000000485. The van der Waals surface area contributed by atoms with E-state index in [1.165, 1.54) is 82.2 Å². The van der Waals surface area contributed by atoms with E-state index in [0.717, 1.165) is 4.48 Å². The minimum atomic E-state index is -4.37. The molecule has 0 N–H and O–H groups in total. The summed E-state index contributed by atoms with van der Waals surface area (Å²) in [7, 11) is 2.47. The summed E-state index contributed by atoms with van der Waals surface area (Å²) in [5.41, 5.74) is 0.340. The van der Waals surface area contributed by atoms with Crippen LogP contribution in [0.1, 0.15) is 63.9 Å². The van der Waals surface area contributed by atoms with E-state index in [-0.39, 0.29) is 4.90 Å². The van der Waals surface area contributed by atoms with Gasteiger partial charge in [0.25, 0.3) is 0 Å². The Hall–Kier alpha value is -1.17. The van der Waals surface area contributed by atoms with E-state index in [0.29, 0.717) is 5.56 Å². The number of benzene rings is 1. The smallest absolute Gasteiger partial charge is 0.125 e. The standard InChI is InChI=1S/C13H30N.C8H8O3S/c1-5-6-7-8-9-10-11-12-13-14(2,3)4;1-2-7-5-3-4-6-8(7)12(9,10)11/h5-13H2,1-4H3;2-6H,1H2,(H,9,10,11)/q+1;/p-1. The van der Waals surface area contributed by atoms with Crippen LogP contribution in [0.15, 0.2) is 35.7 Å². The van der Waals surface area contributed by atoms with Crippen LogP contribution in [0.3, 0.4) is 0 Å². The molecule has 0 saturated carbocycles. The van der Waals surface area contributed by atoms with Gasteiger partial charge in [-0.15, -0.1) is 0 Å². The van der Waals surface area contributed by atoms with Crippen molar-refractivity contribution in [1.29, 1.82) is 0 Å². The van der Waals surface area contributed by atoms with Gasteiger partial charge in [-0.3, -0.25) is 0 Å². The van der Waals surface area contributed by atoms with Gasteiger partial charge in [0, 0.05) is 0 Å². The monoisotopic (exact) mass is 383 g/mol. The summed E-state index contributed by atoms with van der Waals surface area (Å²) < 4.78 is 32.9. The summed E-state index contributed by atoms with van der Waals surface area (Å²) in [6.07, 6.45) is 12.8. The van der Waals surface area contributed by atoms with Gasteiger partial charge in [0.2, 0.25) is 0 Å². The topological polar surface area (TPSA) is 57.2 Å². The molecule has 0 fully saturated rings. The third-order valence-electron chi connectivity index (χ3n) is 4.09. The van der Waals surface area contributed by atoms with Crippen LogP contribution in [0.2, 0.25) is 0 Å². The Bertz CT molecular complexity index is 604. The summed E-state index contributed by atoms with van der Waals surface area (Å²) in [5, 5.41) is 0. The lowest BCUT2D eigenvalue weighted by Gasteiger charge is -2.23. The van der Waals surface area contributed by atoms with Crippen molar-refractivity contribution in [1.82, 2.24) is 0 Å². The molecule has 150 valence electrons. The molecule has 0 atom stereocenters. The van der Waals surface area contributed by atoms with Gasteiger partial charge in [-0.1, -0.05) is 76.3 Å². The lowest BCUT2D eigenvalue weighted by molar-refractivity contribution is -0.870. The van der Waals surface area contributed by atoms with Gasteiger partial charge in [-0.25, -0.2) is 8.42 Å². The summed E-state index contributed by atoms with van der Waals surface area (Å²) in [5.74, 6) is 0. The molecule has 0 aliphatic heterocycles. The van der Waals surface area contributed by atoms with E-state index >= 15 is 0 Å². The fourth-order valence-corrected chi connectivity index (χ4v) is 3.28. The van der Waals surface area contributed by atoms with Gasteiger partial charge in [-0.2, -0.15) is 0 Å². The van der Waals surface area contributed by atoms with Crippen LogP contribution < -0.4 is 0 Å². The van der Waals surface area contributed by atoms with Gasteiger partial charge >= 0.3 is 0 Å².